The summed E-state index contributed by atoms with van der Waals surface area (Å²) in [7, 11) is 0. The summed E-state index contributed by atoms with van der Waals surface area (Å²) in [6.45, 7) is 3.71. The second-order valence-corrected chi connectivity index (χ2v) is 4.21. The summed E-state index contributed by atoms with van der Waals surface area (Å²) in [4.78, 5) is 13.6. The summed E-state index contributed by atoms with van der Waals surface area (Å²) in [5, 5.41) is 0. The predicted octanol–water partition coefficient (Wildman–Crippen LogP) is 0.656. The maximum Gasteiger partial charge on any atom is 0.242 e. The molecule has 1 heterocycles. The molecular weight excluding hydrogens is 164 g/mol. The fraction of sp³-hybridized carbons (Fsp3) is 0.700. The number of carbonyl (C=O) groups excluding carboxylic acids is 1. The zero-order valence-electron chi connectivity index (χ0n) is 8.05. The van der Waals surface area contributed by atoms with Crippen molar-refractivity contribution in [3.8, 4) is 0 Å². The molecule has 3 heteroatoms. The largest absolute Gasteiger partial charge is 0.337 e. The molecule has 0 radical (unpaired) electrons. The molecule has 0 aromatic rings. The van der Waals surface area contributed by atoms with Crippen LogP contribution in [0.2, 0.25) is 0 Å². The van der Waals surface area contributed by atoms with Gasteiger partial charge < -0.3 is 10.6 Å². The molecule has 2 rings (SSSR count). The van der Waals surface area contributed by atoms with Gasteiger partial charge in [0.25, 0.3) is 0 Å². The minimum Gasteiger partial charge on any atom is -0.337 e. The van der Waals surface area contributed by atoms with Gasteiger partial charge in [-0.15, -0.1) is 0 Å². The zero-order valence-corrected chi connectivity index (χ0v) is 8.05. The lowest BCUT2D eigenvalue weighted by Crippen LogP contribution is -2.47. The topological polar surface area (TPSA) is 46.3 Å². The predicted molar refractivity (Wildman–Crippen MR) is 51.1 cm³/mol. The third-order valence-corrected chi connectivity index (χ3v) is 2.94. The standard InChI is InChI=1S/C10H16N2O/c1-8-2-6-12(7-3-8)9(13)10(11)4-5-10/h2H,3-7,11H2,1H3. The van der Waals surface area contributed by atoms with Gasteiger partial charge in [0, 0.05) is 13.1 Å². The molecule has 0 aromatic carbocycles. The first-order chi connectivity index (χ1) is 6.12. The second kappa shape index (κ2) is 2.84. The fourth-order valence-electron chi connectivity index (χ4n) is 1.62. The maximum absolute atomic E-state index is 11.8. The number of carbonyl (C=O) groups is 1. The van der Waals surface area contributed by atoms with E-state index in [4.69, 9.17) is 5.73 Å². The van der Waals surface area contributed by atoms with Crippen LogP contribution in [0, 0.1) is 0 Å². The molecule has 13 heavy (non-hydrogen) atoms. The number of nitrogens with zero attached hydrogens (tertiary/aromatic N) is 1. The quantitative estimate of drug-likeness (QED) is 0.602. The molecule has 72 valence electrons. The van der Waals surface area contributed by atoms with Crippen LogP contribution in [-0.4, -0.2) is 29.4 Å². The molecule has 2 aliphatic rings. The molecule has 1 aliphatic carbocycles. The Morgan fingerprint density at radius 1 is 1.62 bits per heavy atom. The molecule has 0 saturated heterocycles. The van der Waals surface area contributed by atoms with Crippen molar-refractivity contribution < 1.29 is 4.79 Å². The highest BCUT2D eigenvalue weighted by molar-refractivity contribution is 5.89. The van der Waals surface area contributed by atoms with Gasteiger partial charge in [-0.25, -0.2) is 0 Å². The molecule has 0 atom stereocenters. The van der Waals surface area contributed by atoms with Crippen molar-refractivity contribution in [2.75, 3.05) is 13.1 Å². The molecule has 1 aliphatic heterocycles. The lowest BCUT2D eigenvalue weighted by Gasteiger charge is -2.27. The van der Waals surface area contributed by atoms with Crippen LogP contribution in [0.4, 0.5) is 0 Å². The summed E-state index contributed by atoms with van der Waals surface area (Å²) in [5.41, 5.74) is 6.74. The first-order valence-corrected chi connectivity index (χ1v) is 4.86. The van der Waals surface area contributed by atoms with Gasteiger partial charge in [-0.2, -0.15) is 0 Å². The van der Waals surface area contributed by atoms with E-state index in [1.165, 1.54) is 5.57 Å². The number of rotatable bonds is 1. The minimum atomic E-state index is -0.487. The Bertz CT molecular complexity index is 266. The molecule has 1 saturated carbocycles. The van der Waals surface area contributed by atoms with Crippen LogP contribution in [0.3, 0.4) is 0 Å². The van der Waals surface area contributed by atoms with Crippen molar-refractivity contribution in [2.24, 2.45) is 5.73 Å². The van der Waals surface area contributed by atoms with Crippen molar-refractivity contribution in [3.05, 3.63) is 11.6 Å². The van der Waals surface area contributed by atoms with E-state index in [2.05, 4.69) is 13.0 Å². The van der Waals surface area contributed by atoms with E-state index in [0.717, 1.165) is 32.4 Å². The van der Waals surface area contributed by atoms with E-state index in [9.17, 15) is 4.79 Å². The van der Waals surface area contributed by atoms with E-state index >= 15 is 0 Å². The fourth-order valence-corrected chi connectivity index (χ4v) is 1.62. The van der Waals surface area contributed by atoms with Crippen molar-refractivity contribution in [3.63, 3.8) is 0 Å². The van der Waals surface area contributed by atoms with Crippen LogP contribution in [0.25, 0.3) is 0 Å². The molecule has 0 spiro atoms. The Kier molecular flexibility index (Phi) is 1.91. The van der Waals surface area contributed by atoms with E-state index in [1.807, 2.05) is 4.90 Å². The molecule has 3 nitrogen and oxygen atoms in total. The van der Waals surface area contributed by atoms with Gasteiger partial charge >= 0.3 is 0 Å². The Hall–Kier alpha value is -0.830. The van der Waals surface area contributed by atoms with Crippen LogP contribution in [0.15, 0.2) is 11.6 Å². The second-order valence-electron chi connectivity index (χ2n) is 4.21. The van der Waals surface area contributed by atoms with Crippen LogP contribution >= 0.6 is 0 Å². The average molecular weight is 180 g/mol. The summed E-state index contributed by atoms with van der Waals surface area (Å²) in [6, 6.07) is 0. The summed E-state index contributed by atoms with van der Waals surface area (Å²) in [6.07, 6.45) is 4.85. The zero-order chi connectivity index (χ0) is 9.47. The monoisotopic (exact) mass is 180 g/mol. The SMILES string of the molecule is CC1=CCN(C(=O)C2(N)CC2)CC1. The molecule has 1 amide bonds. The van der Waals surface area contributed by atoms with Crippen molar-refractivity contribution in [1.29, 1.82) is 0 Å². The van der Waals surface area contributed by atoms with Crippen LogP contribution in [0.5, 0.6) is 0 Å². The molecule has 0 unspecified atom stereocenters. The third-order valence-electron chi connectivity index (χ3n) is 2.94. The molecule has 0 bridgehead atoms. The van der Waals surface area contributed by atoms with Crippen LogP contribution in [0.1, 0.15) is 26.2 Å². The van der Waals surface area contributed by atoms with Gasteiger partial charge in [-0.3, -0.25) is 4.79 Å². The van der Waals surface area contributed by atoms with E-state index in [1.54, 1.807) is 0 Å². The molecule has 0 aromatic heterocycles. The third kappa shape index (κ3) is 1.61. The van der Waals surface area contributed by atoms with Gasteiger partial charge in [0.1, 0.15) is 0 Å². The Morgan fingerprint density at radius 2 is 2.31 bits per heavy atom. The van der Waals surface area contributed by atoms with Gasteiger partial charge in [0.05, 0.1) is 5.54 Å². The lowest BCUT2D eigenvalue weighted by molar-refractivity contribution is -0.133. The number of nitrogens with two attached hydrogens (primary N) is 1. The molecule has 1 fully saturated rings. The Morgan fingerprint density at radius 3 is 2.77 bits per heavy atom. The highest BCUT2D eigenvalue weighted by atomic mass is 16.2. The maximum atomic E-state index is 11.8. The van der Waals surface area contributed by atoms with Crippen LogP contribution in [-0.2, 0) is 4.79 Å². The number of hydrogen-bond acceptors (Lipinski definition) is 2. The first-order valence-electron chi connectivity index (χ1n) is 4.86. The Labute approximate surface area is 78.6 Å². The van der Waals surface area contributed by atoms with Crippen molar-refractivity contribution in [2.45, 2.75) is 31.7 Å². The Balaban J connectivity index is 1.99. The highest BCUT2D eigenvalue weighted by Crippen LogP contribution is 2.34. The number of amides is 1. The van der Waals surface area contributed by atoms with E-state index in [0.29, 0.717) is 0 Å². The molecule has 2 N–H and O–H groups in total. The van der Waals surface area contributed by atoms with E-state index < -0.39 is 5.54 Å². The van der Waals surface area contributed by atoms with Gasteiger partial charge in [0.15, 0.2) is 0 Å². The van der Waals surface area contributed by atoms with Gasteiger partial charge in [-0.05, 0) is 26.2 Å². The normalized spacial score (nSPS) is 25.4. The molecular formula is C10H16N2O. The minimum absolute atomic E-state index is 0.149. The summed E-state index contributed by atoms with van der Waals surface area (Å²) >= 11 is 0. The van der Waals surface area contributed by atoms with Crippen LogP contribution < -0.4 is 5.73 Å². The number of hydrogen-bond donors (Lipinski definition) is 1. The summed E-state index contributed by atoms with van der Waals surface area (Å²) < 4.78 is 0. The smallest absolute Gasteiger partial charge is 0.242 e. The highest BCUT2D eigenvalue weighted by Gasteiger charge is 2.48. The van der Waals surface area contributed by atoms with Gasteiger partial charge in [-0.1, -0.05) is 11.6 Å². The van der Waals surface area contributed by atoms with Crippen molar-refractivity contribution >= 4 is 5.91 Å². The van der Waals surface area contributed by atoms with E-state index in [-0.39, 0.29) is 5.91 Å². The first kappa shape index (κ1) is 8.75. The summed E-state index contributed by atoms with van der Waals surface area (Å²) in [5.74, 6) is 0.149. The van der Waals surface area contributed by atoms with Crippen molar-refractivity contribution in [1.82, 2.24) is 4.90 Å². The van der Waals surface area contributed by atoms with Gasteiger partial charge in [0.2, 0.25) is 5.91 Å². The lowest BCUT2D eigenvalue weighted by atomic mass is 10.1. The average Bonchev–Trinajstić information content (AvgIpc) is 2.85.